The predicted octanol–water partition coefficient (Wildman–Crippen LogP) is 3.56. The predicted molar refractivity (Wildman–Crippen MR) is 82.1 cm³/mol. The Hall–Kier alpha value is -2.75. The van der Waals surface area contributed by atoms with E-state index in [0.29, 0.717) is 0 Å². The molecule has 0 radical (unpaired) electrons. The van der Waals surface area contributed by atoms with Crippen LogP contribution < -0.4 is 9.47 Å². The Morgan fingerprint density at radius 1 is 0.857 bits per heavy atom. The molecule has 4 heteroatoms. The van der Waals surface area contributed by atoms with Crippen LogP contribution in [0.4, 0.5) is 0 Å². The monoisotopic (exact) mass is 280 g/mol. The summed E-state index contributed by atoms with van der Waals surface area (Å²) in [6, 6.07) is 15.7. The van der Waals surface area contributed by atoms with Crippen LogP contribution in [0.1, 0.15) is 0 Å². The summed E-state index contributed by atoms with van der Waals surface area (Å²) in [6.07, 6.45) is 3.75. The van der Waals surface area contributed by atoms with E-state index < -0.39 is 0 Å². The lowest BCUT2D eigenvalue weighted by atomic mass is 10.1. The zero-order valence-electron chi connectivity index (χ0n) is 12.0. The Balaban J connectivity index is 2.04. The topological polar surface area (TPSA) is 36.3 Å². The minimum absolute atomic E-state index is 0.807. The summed E-state index contributed by atoms with van der Waals surface area (Å²) >= 11 is 0. The molecule has 0 aliphatic carbocycles. The van der Waals surface area contributed by atoms with Gasteiger partial charge in [0.15, 0.2) is 0 Å². The second-order valence-corrected chi connectivity index (χ2v) is 4.54. The van der Waals surface area contributed by atoms with Crippen molar-refractivity contribution in [3.63, 3.8) is 0 Å². The first-order chi connectivity index (χ1) is 10.3. The van der Waals surface area contributed by atoms with Crippen molar-refractivity contribution < 1.29 is 9.47 Å². The van der Waals surface area contributed by atoms with Gasteiger partial charge in [-0.3, -0.25) is 0 Å². The molecule has 0 amide bonds. The Bertz CT molecular complexity index is 688. The van der Waals surface area contributed by atoms with Crippen LogP contribution in [-0.4, -0.2) is 23.8 Å². The summed E-state index contributed by atoms with van der Waals surface area (Å²) in [6.45, 7) is 0. The van der Waals surface area contributed by atoms with Gasteiger partial charge in [-0.05, 0) is 24.3 Å². The van der Waals surface area contributed by atoms with Gasteiger partial charge in [-0.25, -0.2) is 4.98 Å². The molecule has 2 aromatic carbocycles. The number of aromatic nitrogens is 2. The Morgan fingerprint density at radius 2 is 1.52 bits per heavy atom. The fourth-order valence-electron chi connectivity index (χ4n) is 2.29. The minimum Gasteiger partial charge on any atom is -0.496 e. The summed E-state index contributed by atoms with van der Waals surface area (Å²) in [5.41, 5.74) is 2.78. The molecule has 0 saturated carbocycles. The summed E-state index contributed by atoms with van der Waals surface area (Å²) in [5, 5.41) is 0. The largest absolute Gasteiger partial charge is 0.496 e. The Labute approximate surface area is 123 Å². The highest BCUT2D eigenvalue weighted by atomic mass is 16.5. The number of hydrogen-bond acceptors (Lipinski definition) is 3. The number of rotatable bonds is 4. The van der Waals surface area contributed by atoms with Gasteiger partial charge in [0.1, 0.15) is 17.8 Å². The number of benzene rings is 2. The molecular weight excluding hydrogens is 264 g/mol. The average molecular weight is 280 g/mol. The molecule has 0 aliphatic heterocycles. The highest BCUT2D eigenvalue weighted by Crippen LogP contribution is 2.30. The second-order valence-electron chi connectivity index (χ2n) is 4.54. The van der Waals surface area contributed by atoms with Crippen LogP contribution in [0, 0.1) is 0 Å². The molecule has 1 heterocycles. The molecule has 0 aliphatic rings. The van der Waals surface area contributed by atoms with E-state index in [-0.39, 0.29) is 0 Å². The molecule has 0 saturated heterocycles. The maximum Gasteiger partial charge on any atom is 0.142 e. The molecule has 106 valence electrons. The van der Waals surface area contributed by atoms with Gasteiger partial charge in [0.05, 0.1) is 25.6 Å². The third-order valence-corrected chi connectivity index (χ3v) is 3.33. The van der Waals surface area contributed by atoms with E-state index in [0.717, 1.165) is 28.4 Å². The fourth-order valence-corrected chi connectivity index (χ4v) is 2.29. The summed E-state index contributed by atoms with van der Waals surface area (Å²) < 4.78 is 12.7. The molecule has 3 aromatic rings. The molecule has 0 unspecified atom stereocenters. The lowest BCUT2D eigenvalue weighted by Crippen LogP contribution is -1.94. The third-order valence-electron chi connectivity index (χ3n) is 3.33. The van der Waals surface area contributed by atoms with Crippen LogP contribution >= 0.6 is 0 Å². The highest BCUT2D eigenvalue weighted by Gasteiger charge is 2.10. The molecular formula is C17H16N2O2. The van der Waals surface area contributed by atoms with Crippen LogP contribution in [0.25, 0.3) is 16.9 Å². The van der Waals surface area contributed by atoms with Gasteiger partial charge in [0, 0.05) is 11.8 Å². The van der Waals surface area contributed by atoms with Gasteiger partial charge in [0.2, 0.25) is 0 Å². The van der Waals surface area contributed by atoms with Crippen LogP contribution in [0.5, 0.6) is 11.5 Å². The first kappa shape index (κ1) is 13.2. The lowest BCUT2D eigenvalue weighted by molar-refractivity contribution is 0.413. The van der Waals surface area contributed by atoms with Gasteiger partial charge in [-0.2, -0.15) is 0 Å². The van der Waals surface area contributed by atoms with Gasteiger partial charge in [-0.15, -0.1) is 0 Å². The first-order valence-electron chi connectivity index (χ1n) is 6.64. The van der Waals surface area contributed by atoms with E-state index in [1.165, 1.54) is 0 Å². The molecule has 0 fully saturated rings. The molecule has 0 N–H and O–H groups in total. The molecule has 1 aromatic heterocycles. The van der Waals surface area contributed by atoms with Crippen molar-refractivity contribution in [1.29, 1.82) is 0 Å². The quantitative estimate of drug-likeness (QED) is 0.733. The van der Waals surface area contributed by atoms with Crippen LogP contribution in [0.15, 0.2) is 61.1 Å². The molecule has 0 spiro atoms. The van der Waals surface area contributed by atoms with Crippen molar-refractivity contribution in [2.75, 3.05) is 14.2 Å². The van der Waals surface area contributed by atoms with Crippen molar-refractivity contribution in [3.05, 3.63) is 61.1 Å². The number of nitrogens with zero attached hydrogens (tertiary/aromatic N) is 2. The first-order valence-corrected chi connectivity index (χ1v) is 6.64. The number of para-hydroxylation sites is 3. The number of methoxy groups -OCH3 is 2. The molecule has 21 heavy (non-hydrogen) atoms. The van der Waals surface area contributed by atoms with Crippen LogP contribution in [0.2, 0.25) is 0 Å². The van der Waals surface area contributed by atoms with Crippen molar-refractivity contribution in [2.24, 2.45) is 0 Å². The standard InChI is InChI=1S/C17H16N2O2/c1-20-16-9-5-3-7-13(16)14-11-19(12-18-14)15-8-4-6-10-17(15)21-2/h3-12H,1-2H3. The second kappa shape index (κ2) is 5.71. The Kier molecular flexibility index (Phi) is 3.60. The SMILES string of the molecule is COc1ccccc1-c1cn(-c2ccccc2OC)cn1. The van der Waals surface area contributed by atoms with Gasteiger partial charge < -0.3 is 14.0 Å². The molecule has 0 atom stereocenters. The number of imidazole rings is 1. The highest BCUT2D eigenvalue weighted by molar-refractivity contribution is 5.67. The van der Waals surface area contributed by atoms with Gasteiger partial charge in [-0.1, -0.05) is 24.3 Å². The zero-order chi connectivity index (χ0) is 14.7. The van der Waals surface area contributed by atoms with Gasteiger partial charge in [0.25, 0.3) is 0 Å². The maximum absolute atomic E-state index is 5.39. The molecule has 3 rings (SSSR count). The number of hydrogen-bond donors (Lipinski definition) is 0. The van der Waals surface area contributed by atoms with Gasteiger partial charge >= 0.3 is 0 Å². The molecule has 4 nitrogen and oxygen atoms in total. The smallest absolute Gasteiger partial charge is 0.142 e. The molecule has 0 bridgehead atoms. The van der Waals surface area contributed by atoms with Crippen molar-refractivity contribution in [2.45, 2.75) is 0 Å². The summed E-state index contributed by atoms with van der Waals surface area (Å²) in [7, 11) is 3.33. The van der Waals surface area contributed by atoms with Crippen molar-refractivity contribution >= 4 is 0 Å². The zero-order valence-corrected chi connectivity index (χ0v) is 12.0. The van der Waals surface area contributed by atoms with E-state index in [1.807, 2.05) is 59.3 Å². The normalized spacial score (nSPS) is 10.4. The lowest BCUT2D eigenvalue weighted by Gasteiger charge is -2.08. The Morgan fingerprint density at radius 3 is 2.29 bits per heavy atom. The fraction of sp³-hybridized carbons (Fsp3) is 0.118. The van der Waals surface area contributed by atoms with Crippen LogP contribution in [-0.2, 0) is 0 Å². The van der Waals surface area contributed by atoms with E-state index in [1.54, 1.807) is 20.5 Å². The summed E-state index contributed by atoms with van der Waals surface area (Å²) in [4.78, 5) is 4.47. The average Bonchev–Trinajstić information content (AvgIpc) is 3.04. The number of ether oxygens (including phenoxy) is 2. The maximum atomic E-state index is 5.39. The van der Waals surface area contributed by atoms with E-state index in [4.69, 9.17) is 9.47 Å². The van der Waals surface area contributed by atoms with E-state index >= 15 is 0 Å². The third kappa shape index (κ3) is 2.48. The minimum atomic E-state index is 0.807. The van der Waals surface area contributed by atoms with Crippen LogP contribution in [0.3, 0.4) is 0 Å². The van der Waals surface area contributed by atoms with E-state index in [9.17, 15) is 0 Å². The van der Waals surface area contributed by atoms with E-state index in [2.05, 4.69) is 4.98 Å². The van der Waals surface area contributed by atoms with Crippen molar-refractivity contribution in [1.82, 2.24) is 9.55 Å². The van der Waals surface area contributed by atoms with Crippen molar-refractivity contribution in [3.8, 4) is 28.4 Å². The summed E-state index contributed by atoms with van der Waals surface area (Å²) in [5.74, 6) is 1.62.